The fourth-order valence-corrected chi connectivity index (χ4v) is 4.15. The summed E-state index contributed by atoms with van der Waals surface area (Å²) in [5.41, 5.74) is -1.17. The summed E-state index contributed by atoms with van der Waals surface area (Å²) in [5.74, 6) is -1.64. The zero-order valence-corrected chi connectivity index (χ0v) is 12.4. The van der Waals surface area contributed by atoms with Crippen molar-refractivity contribution in [1.82, 2.24) is 4.90 Å². The highest BCUT2D eigenvalue weighted by atomic mass is 16.5. The van der Waals surface area contributed by atoms with Gasteiger partial charge in [-0.05, 0) is 38.0 Å². The monoisotopic (exact) mass is 306 g/mol. The topological polar surface area (TPSA) is 41.9 Å². The van der Waals surface area contributed by atoms with Crippen LogP contribution in [0.15, 0.2) is 24.3 Å². The molecule has 2 unspecified atom stereocenters. The molecule has 4 heteroatoms. The molecule has 4 nitrogen and oxygen atoms in total. The molecule has 0 saturated carbocycles. The van der Waals surface area contributed by atoms with Crippen molar-refractivity contribution >= 4 is 0 Å². The lowest BCUT2D eigenvalue weighted by molar-refractivity contribution is -0.0453. The molecular formula is C18H21NO3. The Morgan fingerprint density at radius 2 is 2.45 bits per heavy atom. The summed E-state index contributed by atoms with van der Waals surface area (Å²) in [7, 11) is 3.02. The van der Waals surface area contributed by atoms with Crippen molar-refractivity contribution in [3.63, 3.8) is 0 Å². The molecule has 0 amide bonds. The van der Waals surface area contributed by atoms with Crippen LogP contribution >= 0.6 is 0 Å². The summed E-state index contributed by atoms with van der Waals surface area (Å²) in [6, 6.07) is 0.930. The van der Waals surface area contributed by atoms with Gasteiger partial charge < -0.3 is 19.5 Å². The van der Waals surface area contributed by atoms with Crippen LogP contribution in [0.4, 0.5) is 0 Å². The maximum Gasteiger partial charge on any atom is 0.211 e. The zero-order valence-electron chi connectivity index (χ0n) is 19.4. The molecule has 5 rings (SSSR count). The predicted molar refractivity (Wildman–Crippen MR) is 82.5 cm³/mol. The van der Waals surface area contributed by atoms with Crippen LogP contribution in [-0.4, -0.2) is 50.3 Å². The van der Waals surface area contributed by atoms with Gasteiger partial charge in [0.1, 0.15) is 12.2 Å². The number of nitrogens with zero attached hydrogens (tertiary/aromatic N) is 1. The molecule has 0 aromatic heterocycles. The van der Waals surface area contributed by atoms with Crippen molar-refractivity contribution in [3.05, 3.63) is 35.4 Å². The molecule has 1 spiro atoms. The summed E-state index contributed by atoms with van der Waals surface area (Å²) in [4.78, 5) is 1.50. The van der Waals surface area contributed by atoms with Crippen LogP contribution in [0.3, 0.4) is 0 Å². The van der Waals surface area contributed by atoms with E-state index in [0.717, 1.165) is 6.08 Å². The third kappa shape index (κ3) is 1.28. The number of methoxy groups -OCH3 is 1. The van der Waals surface area contributed by atoms with Crippen LogP contribution in [0.5, 0.6) is 11.5 Å². The van der Waals surface area contributed by atoms with E-state index in [4.69, 9.17) is 15.0 Å². The van der Waals surface area contributed by atoms with Crippen LogP contribution in [0.25, 0.3) is 0 Å². The fourth-order valence-electron chi connectivity index (χ4n) is 4.15. The lowest BCUT2D eigenvalue weighted by Gasteiger charge is -2.56. The highest BCUT2D eigenvalue weighted by Gasteiger charge is 2.64. The van der Waals surface area contributed by atoms with Gasteiger partial charge in [-0.3, -0.25) is 0 Å². The molecule has 0 radical (unpaired) electrons. The molecule has 1 N–H and O–H groups in total. The van der Waals surface area contributed by atoms with Crippen LogP contribution in [-0.2, 0) is 11.8 Å². The first-order valence-electron chi connectivity index (χ1n) is 10.8. The number of likely N-dealkylation sites (tertiary alicyclic amines) is 1. The maximum atomic E-state index is 9.47. The summed E-state index contributed by atoms with van der Waals surface area (Å²) >= 11 is 0. The van der Waals surface area contributed by atoms with Gasteiger partial charge in [0.25, 0.3) is 0 Å². The van der Waals surface area contributed by atoms with Crippen molar-refractivity contribution in [3.8, 4) is 11.5 Å². The third-order valence-electron chi connectivity index (χ3n) is 5.16. The average Bonchev–Trinajstić information content (AvgIpc) is 2.97. The Hall–Kier alpha value is -1.52. The Bertz CT molecular complexity index is 975. The van der Waals surface area contributed by atoms with Crippen LogP contribution in [0.2, 0.25) is 0 Å². The first kappa shape index (κ1) is 7.84. The maximum absolute atomic E-state index is 9.47. The SMILES string of the molecule is [2H]OC1([2H])C=C[C@]2([2H])[C@@]34CCN(C)[C@]2([2H])C([2H])([2H])c2ccc(OC)c(c23)OC14[2H]. The van der Waals surface area contributed by atoms with Crippen LogP contribution in [0, 0.1) is 5.89 Å². The molecule has 1 aromatic rings. The predicted octanol–water partition coefficient (Wildman–Crippen LogP) is 1.50. The Morgan fingerprint density at radius 3 is 3.27 bits per heavy atom. The molecule has 22 heavy (non-hydrogen) atoms. The van der Waals surface area contributed by atoms with Gasteiger partial charge in [0, 0.05) is 28.4 Å². The summed E-state index contributed by atoms with van der Waals surface area (Å²) in [5, 5.41) is 4.68. The van der Waals surface area contributed by atoms with E-state index in [0.29, 0.717) is 0 Å². The second-order valence-electron chi connectivity index (χ2n) is 6.11. The largest absolute Gasteiger partial charge is 0.493 e. The second kappa shape index (κ2) is 4.06. The number of likely N-dealkylation sites (N-methyl/N-ethyl adjacent to an activating group) is 1. The van der Waals surface area contributed by atoms with Gasteiger partial charge in [0.2, 0.25) is 1.43 Å². The average molecular weight is 306 g/mol. The second-order valence-corrected chi connectivity index (χ2v) is 6.11. The van der Waals surface area contributed by atoms with E-state index in [1.807, 2.05) is 0 Å². The molecule has 2 aliphatic carbocycles. The van der Waals surface area contributed by atoms with Gasteiger partial charge in [-0.2, -0.15) is 0 Å². The van der Waals surface area contributed by atoms with E-state index in [1.54, 1.807) is 7.05 Å². The Balaban J connectivity index is 2.02. The Morgan fingerprint density at radius 1 is 1.55 bits per heavy atom. The number of hydrogen-bond acceptors (Lipinski definition) is 4. The van der Waals surface area contributed by atoms with Crippen molar-refractivity contribution in [2.75, 3.05) is 20.7 Å². The van der Waals surface area contributed by atoms with Gasteiger partial charge in [0.05, 0.1) is 9.85 Å². The van der Waals surface area contributed by atoms with Gasteiger partial charge in [-0.25, -0.2) is 0 Å². The van der Waals surface area contributed by atoms with Crippen LogP contribution < -0.4 is 9.47 Å². The van der Waals surface area contributed by atoms with Crippen molar-refractivity contribution in [2.45, 2.75) is 36.4 Å². The Labute approximate surface area is 140 Å². The van der Waals surface area contributed by atoms with E-state index in [9.17, 15) is 4.11 Å². The minimum atomic E-state index is -2.29. The smallest absolute Gasteiger partial charge is 0.211 e. The molecule has 116 valence electrons. The molecule has 2 heterocycles. The highest BCUT2D eigenvalue weighted by Crippen LogP contribution is 2.62. The molecule has 1 saturated heterocycles. The highest BCUT2D eigenvalue weighted by molar-refractivity contribution is 5.62. The normalized spacial score (nSPS) is 61.3. The zero-order chi connectivity index (χ0) is 21.3. The molecular weight excluding hydrogens is 278 g/mol. The van der Waals surface area contributed by atoms with Crippen LogP contribution in [0.1, 0.15) is 25.8 Å². The van der Waals surface area contributed by atoms with E-state index in [-0.39, 0.29) is 35.6 Å². The van der Waals surface area contributed by atoms with Gasteiger partial charge in [0.15, 0.2) is 11.5 Å². The number of benzene rings is 1. The summed E-state index contributed by atoms with van der Waals surface area (Å²) < 4.78 is 73.5. The number of rotatable bonds is 2. The van der Waals surface area contributed by atoms with E-state index in [1.165, 1.54) is 30.2 Å². The third-order valence-corrected chi connectivity index (χ3v) is 5.16. The number of aliphatic hydroxyl groups is 1. The standard InChI is InChI=1S/C18H21NO3/c1-19-8-7-18-11-4-5-13(20)17(18)22-16-14(21-2)6-3-10(15(16)18)9-12(11)19/h3-6,11-13,17,20H,7-9H2,1-2H3/t11-,12+,13?,17?,18-/m0/s1/i9D2,11D,12D,13D,17D,20D. The van der Waals surface area contributed by atoms with E-state index in [2.05, 4.69) is 5.11 Å². The van der Waals surface area contributed by atoms with E-state index >= 15 is 0 Å². The minimum Gasteiger partial charge on any atom is -0.493 e. The molecule has 1 aromatic carbocycles. The Kier molecular flexibility index (Phi) is 1.45. The first-order valence-corrected chi connectivity index (χ1v) is 7.39. The number of ether oxygens (including phenoxy) is 2. The van der Waals surface area contributed by atoms with Gasteiger partial charge >= 0.3 is 0 Å². The van der Waals surface area contributed by atoms with Gasteiger partial charge in [-0.15, -0.1) is 0 Å². The summed E-state index contributed by atoms with van der Waals surface area (Å²) in [6.07, 6.45) is -4.34. The van der Waals surface area contributed by atoms with Gasteiger partial charge in [-0.1, -0.05) is 18.2 Å². The molecule has 4 aliphatic rings. The number of hydrogen-bond donors (Lipinski definition) is 1. The van der Waals surface area contributed by atoms with Crippen molar-refractivity contribution in [1.29, 1.82) is 1.43 Å². The quantitative estimate of drug-likeness (QED) is 0.841. The minimum absolute atomic E-state index is 0.0875. The number of piperidine rings is 1. The fraction of sp³-hybridized carbons (Fsp3) is 0.556. The molecule has 2 aliphatic heterocycles. The lowest BCUT2D eigenvalue weighted by Crippen LogP contribution is -2.64. The molecule has 5 atom stereocenters. The van der Waals surface area contributed by atoms with Crippen molar-refractivity contribution < 1.29 is 22.8 Å². The molecule has 2 bridgehead atoms. The lowest BCUT2D eigenvalue weighted by atomic mass is 9.53. The van der Waals surface area contributed by atoms with Crippen molar-refractivity contribution in [2.24, 2.45) is 5.89 Å². The first-order chi connectivity index (χ1) is 13.4. The molecule has 1 fully saturated rings. The summed E-state index contributed by atoms with van der Waals surface area (Å²) in [6.45, 7) is 0.214. The van der Waals surface area contributed by atoms with E-state index < -0.39 is 35.9 Å².